The minimum absolute atomic E-state index is 0.0383. The maximum Gasteiger partial charge on any atom is 0.223 e. The fraction of sp³-hybridized carbons (Fsp3) is 0.778. The molecule has 0 aromatic heterocycles. The second-order valence-corrected chi connectivity index (χ2v) is 4.48. The lowest BCUT2D eigenvalue weighted by Crippen LogP contribution is -2.30. The predicted octanol–water partition coefficient (Wildman–Crippen LogP) is 1.18. The zero-order chi connectivity index (χ0) is 9.68. The van der Waals surface area contributed by atoms with Crippen molar-refractivity contribution in [3.8, 4) is 0 Å². The fourth-order valence-corrected chi connectivity index (χ4v) is 2.13. The lowest BCUT2D eigenvalue weighted by molar-refractivity contribution is -0.123. The number of rotatable bonds is 2. The average Bonchev–Trinajstić information content (AvgIpc) is 2.27. The number of carbonyl (C=O) groups excluding carboxylic acids is 2. The van der Waals surface area contributed by atoms with Crippen molar-refractivity contribution < 1.29 is 9.59 Å². The van der Waals surface area contributed by atoms with Crippen LogP contribution >= 0.6 is 11.8 Å². The molecule has 1 saturated heterocycles. The first-order valence-corrected chi connectivity index (χ1v) is 5.60. The third-order valence-corrected chi connectivity index (χ3v) is 3.11. The fourth-order valence-electron chi connectivity index (χ4n) is 1.38. The van der Waals surface area contributed by atoms with Gasteiger partial charge >= 0.3 is 0 Å². The Labute approximate surface area is 82.6 Å². The lowest BCUT2D eigenvalue weighted by atomic mass is 10.1. The van der Waals surface area contributed by atoms with Gasteiger partial charge in [-0.05, 0) is 12.8 Å². The van der Waals surface area contributed by atoms with Crippen LogP contribution in [0.5, 0.6) is 0 Å². The molecular formula is C9H15NO2S. The highest BCUT2D eigenvalue weighted by Crippen LogP contribution is 2.17. The summed E-state index contributed by atoms with van der Waals surface area (Å²) in [6.07, 6.45) is 3.07. The van der Waals surface area contributed by atoms with E-state index in [0.717, 1.165) is 25.8 Å². The summed E-state index contributed by atoms with van der Waals surface area (Å²) in [5, 5.41) is 2.95. The largest absolute Gasteiger partial charge is 0.356 e. The number of hydrogen-bond acceptors (Lipinski definition) is 3. The smallest absolute Gasteiger partial charge is 0.223 e. The van der Waals surface area contributed by atoms with E-state index in [9.17, 15) is 9.59 Å². The van der Waals surface area contributed by atoms with Gasteiger partial charge in [0.1, 0.15) is 0 Å². The number of carbonyl (C=O) groups is 2. The molecule has 0 spiro atoms. The van der Waals surface area contributed by atoms with Gasteiger partial charge in [-0.3, -0.25) is 9.59 Å². The number of thioether (sulfide) groups is 1. The molecule has 1 N–H and O–H groups in total. The van der Waals surface area contributed by atoms with Crippen molar-refractivity contribution in [2.24, 2.45) is 5.92 Å². The molecule has 1 unspecified atom stereocenters. The molecule has 1 rings (SSSR count). The summed E-state index contributed by atoms with van der Waals surface area (Å²) in [7, 11) is 0. The zero-order valence-electron chi connectivity index (χ0n) is 7.84. The number of amides is 1. The monoisotopic (exact) mass is 201 g/mol. The summed E-state index contributed by atoms with van der Waals surface area (Å²) in [6.45, 7) is 2.33. The Morgan fingerprint density at radius 2 is 2.38 bits per heavy atom. The Morgan fingerprint density at radius 3 is 3.08 bits per heavy atom. The van der Waals surface area contributed by atoms with Gasteiger partial charge in [0.2, 0.25) is 5.91 Å². The predicted molar refractivity (Wildman–Crippen MR) is 53.5 cm³/mol. The van der Waals surface area contributed by atoms with E-state index in [2.05, 4.69) is 5.32 Å². The Hall–Kier alpha value is -0.510. The maximum absolute atomic E-state index is 11.4. The van der Waals surface area contributed by atoms with E-state index in [4.69, 9.17) is 0 Å². The van der Waals surface area contributed by atoms with E-state index in [1.54, 1.807) is 6.92 Å². The number of nitrogens with one attached hydrogen (secondary N) is 1. The highest BCUT2D eigenvalue weighted by Gasteiger charge is 2.20. The minimum atomic E-state index is 0.0383. The first-order valence-electron chi connectivity index (χ1n) is 4.61. The van der Waals surface area contributed by atoms with Crippen molar-refractivity contribution in [1.82, 2.24) is 5.32 Å². The molecule has 0 aromatic rings. The molecule has 0 aliphatic carbocycles. The molecule has 1 fully saturated rings. The van der Waals surface area contributed by atoms with Crippen LogP contribution in [0.3, 0.4) is 0 Å². The van der Waals surface area contributed by atoms with Crippen molar-refractivity contribution >= 4 is 22.8 Å². The standard InChI is InChI=1S/C9H15NO2S/c1-7(11)13-6-8-4-2-3-5-10-9(8)12/h8H,2-6H2,1H3,(H,10,12). The topological polar surface area (TPSA) is 46.2 Å². The van der Waals surface area contributed by atoms with Gasteiger partial charge in [-0.2, -0.15) is 0 Å². The summed E-state index contributed by atoms with van der Waals surface area (Å²) in [5.41, 5.74) is 0. The average molecular weight is 201 g/mol. The van der Waals surface area contributed by atoms with Crippen LogP contribution in [0.2, 0.25) is 0 Å². The summed E-state index contributed by atoms with van der Waals surface area (Å²) < 4.78 is 0. The second kappa shape index (κ2) is 5.27. The normalized spacial score (nSPS) is 23.5. The van der Waals surface area contributed by atoms with Gasteiger partial charge in [0.15, 0.2) is 5.12 Å². The van der Waals surface area contributed by atoms with Crippen LogP contribution < -0.4 is 5.32 Å². The Kier molecular flexibility index (Phi) is 4.28. The first kappa shape index (κ1) is 10.6. The molecule has 0 bridgehead atoms. The molecule has 4 heteroatoms. The van der Waals surface area contributed by atoms with Crippen molar-refractivity contribution in [3.05, 3.63) is 0 Å². The van der Waals surface area contributed by atoms with E-state index in [-0.39, 0.29) is 16.9 Å². The van der Waals surface area contributed by atoms with Gasteiger partial charge in [-0.25, -0.2) is 0 Å². The van der Waals surface area contributed by atoms with E-state index >= 15 is 0 Å². The minimum Gasteiger partial charge on any atom is -0.356 e. The van der Waals surface area contributed by atoms with Crippen molar-refractivity contribution in [2.75, 3.05) is 12.3 Å². The van der Waals surface area contributed by atoms with Gasteiger partial charge in [0.25, 0.3) is 0 Å². The summed E-state index contributed by atoms with van der Waals surface area (Å²) in [5.74, 6) is 0.795. The molecule has 3 nitrogen and oxygen atoms in total. The lowest BCUT2D eigenvalue weighted by Gasteiger charge is -2.10. The van der Waals surface area contributed by atoms with Gasteiger partial charge < -0.3 is 5.32 Å². The van der Waals surface area contributed by atoms with Crippen LogP contribution in [0.4, 0.5) is 0 Å². The van der Waals surface area contributed by atoms with Crippen molar-refractivity contribution in [1.29, 1.82) is 0 Å². The molecule has 74 valence electrons. The molecule has 0 aromatic carbocycles. The van der Waals surface area contributed by atoms with Crippen LogP contribution in [0.25, 0.3) is 0 Å². The van der Waals surface area contributed by atoms with Gasteiger partial charge in [0.05, 0.1) is 0 Å². The van der Waals surface area contributed by atoms with Gasteiger partial charge in [0, 0.05) is 25.1 Å². The first-order chi connectivity index (χ1) is 6.20. The number of hydrogen-bond donors (Lipinski definition) is 1. The Morgan fingerprint density at radius 1 is 1.62 bits per heavy atom. The molecule has 1 heterocycles. The highest BCUT2D eigenvalue weighted by molar-refractivity contribution is 8.13. The van der Waals surface area contributed by atoms with E-state index in [0.29, 0.717) is 5.75 Å². The molecule has 0 radical (unpaired) electrons. The maximum atomic E-state index is 11.4. The van der Waals surface area contributed by atoms with Crippen LogP contribution in [-0.2, 0) is 9.59 Å². The summed E-state index contributed by atoms with van der Waals surface area (Å²) in [4.78, 5) is 22.1. The van der Waals surface area contributed by atoms with E-state index in [1.807, 2.05) is 0 Å². The van der Waals surface area contributed by atoms with Crippen LogP contribution in [0.1, 0.15) is 26.2 Å². The molecule has 1 aliphatic heterocycles. The van der Waals surface area contributed by atoms with Gasteiger partial charge in [-0.1, -0.05) is 18.2 Å². The van der Waals surface area contributed by atoms with E-state index in [1.165, 1.54) is 11.8 Å². The van der Waals surface area contributed by atoms with E-state index < -0.39 is 0 Å². The Bertz CT molecular complexity index is 206. The molecule has 1 atom stereocenters. The summed E-state index contributed by atoms with van der Waals surface area (Å²) in [6, 6.07) is 0. The second-order valence-electron chi connectivity index (χ2n) is 3.29. The third-order valence-electron chi connectivity index (χ3n) is 2.14. The zero-order valence-corrected chi connectivity index (χ0v) is 8.65. The summed E-state index contributed by atoms with van der Waals surface area (Å²) >= 11 is 1.25. The molecule has 1 aliphatic rings. The molecule has 1 amide bonds. The van der Waals surface area contributed by atoms with Crippen LogP contribution in [0.15, 0.2) is 0 Å². The highest BCUT2D eigenvalue weighted by atomic mass is 32.2. The quantitative estimate of drug-likeness (QED) is 0.729. The molecular weight excluding hydrogens is 186 g/mol. The van der Waals surface area contributed by atoms with Crippen molar-refractivity contribution in [3.63, 3.8) is 0 Å². The third kappa shape index (κ3) is 3.81. The molecule has 0 saturated carbocycles. The van der Waals surface area contributed by atoms with Crippen LogP contribution in [0, 0.1) is 5.92 Å². The van der Waals surface area contributed by atoms with Crippen LogP contribution in [-0.4, -0.2) is 23.3 Å². The SMILES string of the molecule is CC(=O)SCC1CCCCNC1=O. The Balaban J connectivity index is 2.36. The van der Waals surface area contributed by atoms with Crippen molar-refractivity contribution in [2.45, 2.75) is 26.2 Å². The molecule has 13 heavy (non-hydrogen) atoms. The van der Waals surface area contributed by atoms with Gasteiger partial charge in [-0.15, -0.1) is 0 Å².